The number of hydrogen-bond acceptors (Lipinski definition) is 5. The zero-order chi connectivity index (χ0) is 18.8. The summed E-state index contributed by atoms with van der Waals surface area (Å²) in [6, 6.07) is 0. The van der Waals surface area contributed by atoms with Crippen LogP contribution in [0, 0.1) is 0 Å². The first-order valence-corrected chi connectivity index (χ1v) is 10.3. The van der Waals surface area contributed by atoms with E-state index in [0.717, 1.165) is 12.8 Å². The molecular formula is C20H41NO4. The monoisotopic (exact) mass is 359 g/mol. The lowest BCUT2D eigenvalue weighted by molar-refractivity contribution is -0.159. The molecule has 2 atom stereocenters. The van der Waals surface area contributed by atoms with E-state index in [9.17, 15) is 9.90 Å². The molecule has 0 heterocycles. The zero-order valence-electron chi connectivity index (χ0n) is 16.5. The summed E-state index contributed by atoms with van der Waals surface area (Å²) in [6.07, 6.45) is 15.0. The van der Waals surface area contributed by atoms with Crippen molar-refractivity contribution in [1.29, 1.82) is 0 Å². The van der Waals surface area contributed by atoms with Gasteiger partial charge in [0, 0.05) is 6.42 Å². The average Bonchev–Trinajstić information content (AvgIpc) is 2.62. The molecule has 0 aliphatic heterocycles. The predicted molar refractivity (Wildman–Crippen MR) is 102 cm³/mol. The van der Waals surface area contributed by atoms with Crippen LogP contribution in [0.2, 0.25) is 0 Å². The third-order valence-electron chi connectivity index (χ3n) is 4.56. The molecule has 0 aromatic carbocycles. The van der Waals surface area contributed by atoms with E-state index in [1.807, 2.05) is 0 Å². The van der Waals surface area contributed by atoms with Gasteiger partial charge in [-0.05, 0) is 13.5 Å². The molecule has 0 fully saturated rings. The maximum atomic E-state index is 11.7. The van der Waals surface area contributed by atoms with Crippen molar-refractivity contribution in [3.05, 3.63) is 0 Å². The summed E-state index contributed by atoms with van der Waals surface area (Å²) in [5.41, 5.74) is 0. The second-order valence-electron chi connectivity index (χ2n) is 6.94. The number of aliphatic hydroxyl groups excluding tert-OH is 2. The van der Waals surface area contributed by atoms with Crippen LogP contribution in [0.25, 0.3) is 0 Å². The van der Waals surface area contributed by atoms with Gasteiger partial charge in [-0.1, -0.05) is 84.0 Å². The number of carbonyl (C=O) groups excluding carboxylic acids is 1. The first kappa shape index (κ1) is 24.4. The summed E-state index contributed by atoms with van der Waals surface area (Å²) in [7, 11) is 1.59. The van der Waals surface area contributed by atoms with E-state index in [-0.39, 0.29) is 5.97 Å². The number of carbonyl (C=O) groups is 1. The number of esters is 1. The molecule has 0 saturated carbocycles. The van der Waals surface area contributed by atoms with Gasteiger partial charge in [0.1, 0.15) is 6.10 Å². The Morgan fingerprint density at radius 2 is 1.32 bits per heavy atom. The molecular weight excluding hydrogens is 318 g/mol. The van der Waals surface area contributed by atoms with Crippen LogP contribution >= 0.6 is 0 Å². The second-order valence-corrected chi connectivity index (χ2v) is 6.94. The molecule has 0 aliphatic rings. The molecule has 0 aliphatic carbocycles. The lowest BCUT2D eigenvalue weighted by Crippen LogP contribution is -2.43. The van der Waals surface area contributed by atoms with Gasteiger partial charge in [-0.2, -0.15) is 0 Å². The molecule has 5 nitrogen and oxygen atoms in total. The fraction of sp³-hybridized carbons (Fsp3) is 0.950. The number of unbranched alkanes of at least 4 members (excludes halogenated alkanes) is 12. The molecule has 5 heteroatoms. The van der Waals surface area contributed by atoms with Gasteiger partial charge >= 0.3 is 5.97 Å². The number of ether oxygens (including phenoxy) is 1. The van der Waals surface area contributed by atoms with Crippen molar-refractivity contribution in [2.24, 2.45) is 0 Å². The molecule has 0 aromatic rings. The lowest BCUT2D eigenvalue weighted by Gasteiger charge is -2.20. The Kier molecular flexibility index (Phi) is 17.7. The highest BCUT2D eigenvalue weighted by Crippen LogP contribution is 2.13. The number of likely N-dealkylation sites (N-methyl/N-ethyl adjacent to an activating group) is 1. The highest BCUT2D eigenvalue weighted by Gasteiger charge is 2.20. The molecule has 0 radical (unpaired) electrons. The van der Waals surface area contributed by atoms with Crippen LogP contribution in [0.3, 0.4) is 0 Å². The summed E-state index contributed by atoms with van der Waals surface area (Å²) >= 11 is 0. The predicted octanol–water partition coefficient (Wildman–Crippen LogP) is 3.91. The van der Waals surface area contributed by atoms with E-state index in [1.165, 1.54) is 70.6 Å². The van der Waals surface area contributed by atoms with Crippen molar-refractivity contribution in [2.75, 3.05) is 13.7 Å². The molecule has 0 saturated heterocycles. The third-order valence-corrected chi connectivity index (χ3v) is 4.56. The Hall–Kier alpha value is -0.650. The molecule has 25 heavy (non-hydrogen) atoms. The van der Waals surface area contributed by atoms with E-state index >= 15 is 0 Å². The first-order valence-electron chi connectivity index (χ1n) is 10.3. The van der Waals surface area contributed by atoms with Crippen molar-refractivity contribution in [3.8, 4) is 0 Å². The van der Waals surface area contributed by atoms with Gasteiger partial charge in [0.25, 0.3) is 0 Å². The van der Waals surface area contributed by atoms with Crippen molar-refractivity contribution >= 4 is 5.97 Å². The zero-order valence-corrected chi connectivity index (χ0v) is 16.5. The second kappa shape index (κ2) is 18.2. The van der Waals surface area contributed by atoms with Crippen LogP contribution in [-0.4, -0.2) is 42.2 Å². The molecule has 0 rings (SSSR count). The molecule has 0 spiro atoms. The fourth-order valence-electron chi connectivity index (χ4n) is 2.91. The van der Waals surface area contributed by atoms with E-state index in [1.54, 1.807) is 7.05 Å². The van der Waals surface area contributed by atoms with E-state index in [4.69, 9.17) is 9.84 Å². The molecule has 2 unspecified atom stereocenters. The number of rotatable bonds is 18. The molecule has 0 aromatic heterocycles. The van der Waals surface area contributed by atoms with Crippen molar-refractivity contribution in [1.82, 2.24) is 5.32 Å². The van der Waals surface area contributed by atoms with Gasteiger partial charge in [0.15, 0.2) is 6.23 Å². The Morgan fingerprint density at radius 3 is 1.72 bits per heavy atom. The molecule has 0 amide bonds. The van der Waals surface area contributed by atoms with Crippen LogP contribution in [0.4, 0.5) is 0 Å². The Balaban J connectivity index is 3.36. The Bertz CT molecular complexity index is 299. The van der Waals surface area contributed by atoms with E-state index in [0.29, 0.717) is 6.42 Å². The fourth-order valence-corrected chi connectivity index (χ4v) is 2.91. The van der Waals surface area contributed by atoms with Gasteiger partial charge < -0.3 is 14.9 Å². The van der Waals surface area contributed by atoms with E-state index in [2.05, 4.69) is 12.2 Å². The highest BCUT2D eigenvalue weighted by molar-refractivity contribution is 5.69. The minimum Gasteiger partial charge on any atom is -0.444 e. The van der Waals surface area contributed by atoms with Crippen LogP contribution in [-0.2, 0) is 9.53 Å². The number of aliphatic hydroxyl groups is 2. The van der Waals surface area contributed by atoms with Crippen LogP contribution in [0.5, 0.6) is 0 Å². The topological polar surface area (TPSA) is 78.8 Å². The van der Waals surface area contributed by atoms with Gasteiger partial charge in [-0.25, -0.2) is 0 Å². The summed E-state index contributed by atoms with van der Waals surface area (Å²) in [5, 5.41) is 21.0. The van der Waals surface area contributed by atoms with E-state index < -0.39 is 18.9 Å². The van der Waals surface area contributed by atoms with Crippen molar-refractivity contribution in [3.63, 3.8) is 0 Å². The summed E-state index contributed by atoms with van der Waals surface area (Å²) < 4.78 is 5.10. The smallest absolute Gasteiger partial charge is 0.307 e. The van der Waals surface area contributed by atoms with Gasteiger partial charge in [-0.3, -0.25) is 10.1 Å². The van der Waals surface area contributed by atoms with Gasteiger partial charge in [-0.15, -0.1) is 0 Å². The molecule has 0 bridgehead atoms. The SMILES string of the molecule is CCCCCCCCCCCCCCCC(=O)OC(NC)C(O)CO. The molecule has 3 N–H and O–H groups in total. The van der Waals surface area contributed by atoms with Gasteiger partial charge in [0.05, 0.1) is 6.61 Å². The summed E-state index contributed by atoms with van der Waals surface area (Å²) in [5.74, 6) is -0.324. The largest absolute Gasteiger partial charge is 0.444 e. The number of hydrogen-bond donors (Lipinski definition) is 3. The number of nitrogens with one attached hydrogen (secondary N) is 1. The Morgan fingerprint density at radius 1 is 0.880 bits per heavy atom. The minimum atomic E-state index is -1.08. The maximum Gasteiger partial charge on any atom is 0.307 e. The van der Waals surface area contributed by atoms with Crippen LogP contribution < -0.4 is 5.32 Å². The van der Waals surface area contributed by atoms with Crippen molar-refractivity contribution < 1.29 is 19.7 Å². The van der Waals surface area contributed by atoms with Gasteiger partial charge in [0.2, 0.25) is 0 Å². The normalized spacial score (nSPS) is 13.6. The average molecular weight is 360 g/mol. The lowest BCUT2D eigenvalue weighted by atomic mass is 10.0. The summed E-state index contributed by atoms with van der Waals surface area (Å²) in [4.78, 5) is 11.7. The minimum absolute atomic E-state index is 0.324. The molecule has 150 valence electrons. The summed E-state index contributed by atoms with van der Waals surface area (Å²) in [6.45, 7) is 1.82. The van der Waals surface area contributed by atoms with Crippen LogP contribution in [0.1, 0.15) is 96.8 Å². The highest BCUT2D eigenvalue weighted by atomic mass is 16.6. The maximum absolute atomic E-state index is 11.7. The first-order chi connectivity index (χ1) is 12.2. The third kappa shape index (κ3) is 15.3. The standard InChI is InChI=1S/C20H41NO4/c1-3-4-5-6-7-8-9-10-11-12-13-14-15-16-19(24)25-20(21-2)18(23)17-22/h18,20-23H,3-17H2,1-2H3. The quantitative estimate of drug-likeness (QED) is 0.196. The van der Waals surface area contributed by atoms with Crippen LogP contribution in [0.15, 0.2) is 0 Å². The van der Waals surface area contributed by atoms with Crippen molar-refractivity contribution in [2.45, 2.75) is 109 Å². The Labute approximate surface area is 154 Å².